The summed E-state index contributed by atoms with van der Waals surface area (Å²) < 4.78 is 0. The summed E-state index contributed by atoms with van der Waals surface area (Å²) in [5.41, 5.74) is 1.08. The molecule has 11 heavy (non-hydrogen) atoms. The molecule has 0 heterocycles. The van der Waals surface area contributed by atoms with Gasteiger partial charge in [0.25, 0.3) is 0 Å². The number of hydrogen-bond donors (Lipinski definition) is 1. The van der Waals surface area contributed by atoms with Crippen molar-refractivity contribution >= 4 is 0 Å². The molecule has 0 fully saturated rings. The molecule has 1 nitrogen and oxygen atoms in total. The summed E-state index contributed by atoms with van der Waals surface area (Å²) in [7, 11) is 0. The standard InChI is InChI=1S/C8H12O.2Ce/c1-6-3-4-7(2)8(9)5-6;;/h5,7-9H,4H2,1-2H3;;/q-2;;. The molecular weight excluding hydrogens is 392 g/mol. The summed E-state index contributed by atoms with van der Waals surface area (Å²) in [5, 5.41) is 9.23. The first-order valence-corrected chi connectivity index (χ1v) is 3.30. The van der Waals surface area contributed by atoms with Gasteiger partial charge >= 0.3 is 0 Å². The molecule has 60 valence electrons. The summed E-state index contributed by atoms with van der Waals surface area (Å²) in [6, 6.07) is 0. The van der Waals surface area contributed by atoms with Gasteiger partial charge < -0.3 is 23.2 Å². The van der Waals surface area contributed by atoms with E-state index in [1.54, 1.807) is 0 Å². The molecule has 0 amide bonds. The van der Waals surface area contributed by atoms with E-state index in [-0.39, 0.29) is 89.6 Å². The maximum absolute atomic E-state index is 9.23. The van der Waals surface area contributed by atoms with Gasteiger partial charge in [0.2, 0.25) is 0 Å². The van der Waals surface area contributed by atoms with Crippen molar-refractivity contribution in [3.8, 4) is 0 Å². The van der Waals surface area contributed by atoms with E-state index in [0.717, 1.165) is 12.0 Å². The van der Waals surface area contributed by atoms with Crippen molar-refractivity contribution < 1.29 is 88.6 Å². The maximum Gasteiger partial charge on any atom is 0 e. The molecule has 0 aromatic heterocycles. The minimum absolute atomic E-state index is 0. The van der Waals surface area contributed by atoms with Gasteiger partial charge in [0, 0.05) is 83.5 Å². The minimum Gasteiger partial charge on any atom is -0.528 e. The average molecular weight is 404 g/mol. The largest absolute Gasteiger partial charge is 0.528 e. The fourth-order valence-corrected chi connectivity index (χ4v) is 0.922. The van der Waals surface area contributed by atoms with Crippen molar-refractivity contribution in [2.75, 3.05) is 0 Å². The Morgan fingerprint density at radius 2 is 2.09 bits per heavy atom. The van der Waals surface area contributed by atoms with E-state index in [9.17, 15) is 5.11 Å². The number of hydrogen-bond acceptors (Lipinski definition) is 1. The van der Waals surface area contributed by atoms with Crippen LogP contribution >= 0.6 is 0 Å². The van der Waals surface area contributed by atoms with Crippen LogP contribution in [0.5, 0.6) is 0 Å². The van der Waals surface area contributed by atoms with Gasteiger partial charge in [-0.2, -0.15) is 6.42 Å². The van der Waals surface area contributed by atoms with Crippen LogP contribution in [0.4, 0.5) is 0 Å². The molecule has 3 heteroatoms. The fraction of sp³-hybridized carbons (Fsp3) is 0.625. The Bertz CT molecular complexity index is 134. The zero-order valence-electron chi connectivity index (χ0n) is 6.89. The molecular formula is C8H12Ce2O-2. The van der Waals surface area contributed by atoms with Gasteiger partial charge in [-0.3, -0.25) is 0 Å². The van der Waals surface area contributed by atoms with Gasteiger partial charge in [-0.05, 0) is 0 Å². The Morgan fingerprint density at radius 1 is 1.55 bits per heavy atom. The van der Waals surface area contributed by atoms with E-state index in [4.69, 9.17) is 0 Å². The van der Waals surface area contributed by atoms with Crippen LogP contribution in [0.1, 0.15) is 20.3 Å². The van der Waals surface area contributed by atoms with E-state index < -0.39 is 0 Å². The molecule has 0 saturated carbocycles. The zero-order chi connectivity index (χ0) is 6.85. The first kappa shape index (κ1) is 15.8. The van der Waals surface area contributed by atoms with Gasteiger partial charge in [-0.25, -0.2) is 0 Å². The monoisotopic (exact) mass is 404 g/mol. The van der Waals surface area contributed by atoms with Crippen molar-refractivity contribution in [2.24, 2.45) is 5.92 Å². The second kappa shape index (κ2) is 7.70. The molecule has 0 aliphatic heterocycles. The van der Waals surface area contributed by atoms with Crippen molar-refractivity contribution in [1.82, 2.24) is 0 Å². The maximum atomic E-state index is 9.23. The molecule has 2 unspecified atom stereocenters. The first-order valence-electron chi connectivity index (χ1n) is 3.30. The van der Waals surface area contributed by atoms with E-state index in [0.29, 0.717) is 5.92 Å². The van der Waals surface area contributed by atoms with Crippen LogP contribution < -0.4 is 0 Å². The SMILES string of the molecule is CC1=[C-]CC(C)C(O)[CH-]1.[Ce].[Ce]. The van der Waals surface area contributed by atoms with Crippen LogP contribution in [0.15, 0.2) is 5.57 Å². The van der Waals surface area contributed by atoms with Gasteiger partial charge in [0.1, 0.15) is 0 Å². The summed E-state index contributed by atoms with van der Waals surface area (Å²) >= 11 is 0. The predicted molar refractivity (Wildman–Crippen MR) is 36.5 cm³/mol. The Hall–Kier alpha value is 2.32. The van der Waals surface area contributed by atoms with E-state index in [1.807, 2.05) is 20.3 Å². The fourth-order valence-electron chi connectivity index (χ4n) is 0.922. The molecule has 0 spiro atoms. The molecule has 1 rings (SSSR count). The molecule has 0 radical (unpaired) electrons. The third-order valence-electron chi connectivity index (χ3n) is 1.71. The Kier molecular flexibility index (Phi) is 11.0. The third-order valence-corrected chi connectivity index (χ3v) is 1.71. The van der Waals surface area contributed by atoms with E-state index in [2.05, 4.69) is 6.08 Å². The van der Waals surface area contributed by atoms with Crippen LogP contribution in [0.3, 0.4) is 0 Å². The average Bonchev–Trinajstić information content (AvgIpc) is 1.80. The van der Waals surface area contributed by atoms with Crippen LogP contribution in [0.25, 0.3) is 0 Å². The van der Waals surface area contributed by atoms with Gasteiger partial charge in [0.05, 0.1) is 0 Å². The molecule has 0 saturated heterocycles. The summed E-state index contributed by atoms with van der Waals surface area (Å²) in [5.74, 6) is 0.355. The van der Waals surface area contributed by atoms with Crippen molar-refractivity contribution in [1.29, 1.82) is 0 Å². The Morgan fingerprint density at radius 3 is 2.45 bits per heavy atom. The number of allylic oxidation sites excluding steroid dienone is 1. The predicted octanol–water partition coefficient (Wildman–Crippen LogP) is 1.34. The molecule has 1 N–H and O–H groups in total. The first-order chi connectivity index (χ1) is 4.20. The smallest absolute Gasteiger partial charge is 0 e. The van der Waals surface area contributed by atoms with Crippen LogP contribution in [0, 0.1) is 102 Å². The Balaban J connectivity index is 0. The van der Waals surface area contributed by atoms with Gasteiger partial charge in [0.15, 0.2) is 0 Å². The Labute approximate surface area is 136 Å². The van der Waals surface area contributed by atoms with Crippen LogP contribution in [0.2, 0.25) is 0 Å². The van der Waals surface area contributed by atoms with Crippen LogP contribution in [-0.4, -0.2) is 11.2 Å². The molecule has 0 aromatic carbocycles. The summed E-state index contributed by atoms with van der Waals surface area (Å²) in [6.07, 6.45) is 5.67. The topological polar surface area (TPSA) is 20.2 Å². The molecule has 0 aromatic rings. The summed E-state index contributed by atoms with van der Waals surface area (Å²) in [4.78, 5) is 0. The summed E-state index contributed by atoms with van der Waals surface area (Å²) in [6.45, 7) is 4.00. The second-order valence-corrected chi connectivity index (χ2v) is 2.70. The molecule has 1 aliphatic rings. The van der Waals surface area contributed by atoms with Gasteiger partial charge in [-0.15, -0.1) is 6.92 Å². The van der Waals surface area contributed by atoms with Crippen molar-refractivity contribution in [3.63, 3.8) is 0 Å². The molecule has 2 atom stereocenters. The molecule has 0 bridgehead atoms. The van der Waals surface area contributed by atoms with Crippen LogP contribution in [-0.2, 0) is 0 Å². The molecule has 1 aliphatic carbocycles. The van der Waals surface area contributed by atoms with E-state index in [1.165, 1.54) is 0 Å². The zero-order valence-corrected chi connectivity index (χ0v) is 13.2. The number of aliphatic hydroxyl groups is 1. The van der Waals surface area contributed by atoms with E-state index >= 15 is 0 Å². The quantitative estimate of drug-likeness (QED) is 0.605. The minimum atomic E-state index is -0.244. The number of rotatable bonds is 0. The van der Waals surface area contributed by atoms with Crippen molar-refractivity contribution in [3.05, 3.63) is 18.1 Å². The number of aliphatic hydroxyl groups excluding tert-OH is 1. The third kappa shape index (κ3) is 5.59. The second-order valence-electron chi connectivity index (χ2n) is 2.70. The van der Waals surface area contributed by atoms with Crippen molar-refractivity contribution in [2.45, 2.75) is 26.4 Å². The van der Waals surface area contributed by atoms with Gasteiger partial charge in [-0.1, -0.05) is 18.9 Å². The normalized spacial score (nSPS) is 28.8.